The van der Waals surface area contributed by atoms with Crippen LogP contribution in [0.1, 0.15) is 46.5 Å². The second-order valence-corrected chi connectivity index (χ2v) is 8.11. The molecule has 0 radical (unpaired) electrons. The molecule has 0 spiro atoms. The Balaban J connectivity index is 2.03. The average molecular weight is 308 g/mol. The van der Waals surface area contributed by atoms with E-state index in [9.17, 15) is 0 Å². The molecule has 118 valence electrons. The molecular formula is C18H29NOS. The van der Waals surface area contributed by atoms with Gasteiger partial charge in [0.2, 0.25) is 0 Å². The zero-order valence-corrected chi connectivity index (χ0v) is 14.6. The van der Waals surface area contributed by atoms with Crippen LogP contribution in [-0.4, -0.2) is 24.9 Å². The molecule has 1 aliphatic rings. The highest BCUT2D eigenvalue weighted by Gasteiger charge is 2.35. The van der Waals surface area contributed by atoms with E-state index in [1.54, 1.807) is 7.11 Å². The minimum absolute atomic E-state index is 0.467. The average Bonchev–Trinajstić information content (AvgIpc) is 2.47. The molecule has 2 rings (SSSR count). The van der Waals surface area contributed by atoms with Crippen LogP contribution in [0.5, 0.6) is 5.75 Å². The van der Waals surface area contributed by atoms with Crippen LogP contribution in [0.15, 0.2) is 29.2 Å². The Morgan fingerprint density at radius 3 is 2.62 bits per heavy atom. The predicted octanol–water partition coefficient (Wildman–Crippen LogP) is 4.73. The molecule has 0 saturated heterocycles. The molecule has 0 amide bonds. The van der Waals surface area contributed by atoms with Crippen molar-refractivity contribution in [2.75, 3.05) is 13.7 Å². The quantitative estimate of drug-likeness (QED) is 0.820. The molecule has 2 unspecified atom stereocenters. The van der Waals surface area contributed by atoms with Gasteiger partial charge >= 0.3 is 0 Å². The molecule has 1 aromatic rings. The van der Waals surface area contributed by atoms with E-state index in [2.05, 4.69) is 50.4 Å². The summed E-state index contributed by atoms with van der Waals surface area (Å²) in [6.45, 7) is 8.19. The molecule has 1 fully saturated rings. The van der Waals surface area contributed by atoms with Gasteiger partial charge in [-0.15, -0.1) is 11.8 Å². The highest BCUT2D eigenvalue weighted by Crippen LogP contribution is 2.42. The number of methoxy groups -OCH3 is 1. The van der Waals surface area contributed by atoms with Gasteiger partial charge in [-0.3, -0.25) is 0 Å². The molecule has 0 aliphatic heterocycles. The van der Waals surface area contributed by atoms with Crippen molar-refractivity contribution in [3.63, 3.8) is 0 Å². The van der Waals surface area contributed by atoms with E-state index >= 15 is 0 Å². The Bertz CT molecular complexity index is 429. The lowest BCUT2D eigenvalue weighted by atomic mass is 9.75. The number of hydrogen-bond donors (Lipinski definition) is 1. The van der Waals surface area contributed by atoms with E-state index in [1.165, 1.54) is 30.6 Å². The van der Waals surface area contributed by atoms with E-state index in [4.69, 9.17) is 4.74 Å². The molecule has 1 aliphatic carbocycles. The molecule has 1 N–H and O–H groups in total. The molecule has 3 heteroatoms. The fraction of sp³-hybridized carbons (Fsp3) is 0.667. The van der Waals surface area contributed by atoms with Crippen LogP contribution in [0.4, 0.5) is 0 Å². The van der Waals surface area contributed by atoms with Gasteiger partial charge in [0.15, 0.2) is 0 Å². The van der Waals surface area contributed by atoms with E-state index in [0.717, 1.165) is 12.3 Å². The lowest BCUT2D eigenvalue weighted by Gasteiger charge is -2.41. The highest BCUT2D eigenvalue weighted by atomic mass is 32.2. The maximum atomic E-state index is 5.24. The summed E-state index contributed by atoms with van der Waals surface area (Å²) in [6.07, 6.45) is 5.11. The van der Waals surface area contributed by atoms with Crippen molar-refractivity contribution in [3.05, 3.63) is 24.3 Å². The fourth-order valence-electron chi connectivity index (χ4n) is 3.04. The lowest BCUT2D eigenvalue weighted by Crippen LogP contribution is -2.45. The van der Waals surface area contributed by atoms with Crippen LogP contribution in [-0.2, 0) is 0 Å². The summed E-state index contributed by atoms with van der Waals surface area (Å²) in [4.78, 5) is 1.35. The minimum atomic E-state index is 0.467. The summed E-state index contributed by atoms with van der Waals surface area (Å²) in [5, 5.41) is 4.42. The SMILES string of the molecule is CCCNC1CCC(C)(C)CC1Sc1ccc(OC)cc1. The highest BCUT2D eigenvalue weighted by molar-refractivity contribution is 8.00. The summed E-state index contributed by atoms with van der Waals surface area (Å²) in [5.74, 6) is 0.934. The summed E-state index contributed by atoms with van der Waals surface area (Å²) in [7, 11) is 1.72. The monoisotopic (exact) mass is 307 g/mol. The van der Waals surface area contributed by atoms with Crippen molar-refractivity contribution in [2.45, 2.75) is 62.6 Å². The molecule has 2 atom stereocenters. The zero-order valence-electron chi connectivity index (χ0n) is 13.8. The summed E-state index contributed by atoms with van der Waals surface area (Å²) in [5.41, 5.74) is 0.467. The number of hydrogen-bond acceptors (Lipinski definition) is 3. The van der Waals surface area contributed by atoms with E-state index < -0.39 is 0 Å². The third-order valence-corrected chi connectivity index (χ3v) is 5.68. The van der Waals surface area contributed by atoms with Crippen LogP contribution >= 0.6 is 11.8 Å². The van der Waals surface area contributed by atoms with Crippen LogP contribution in [0.3, 0.4) is 0 Å². The standard InChI is InChI=1S/C18H29NOS/c1-5-12-19-16-10-11-18(2,3)13-17(16)21-15-8-6-14(20-4)7-9-15/h6-9,16-17,19H,5,10-13H2,1-4H3. The van der Waals surface area contributed by atoms with Crippen molar-refractivity contribution in [1.29, 1.82) is 0 Å². The van der Waals surface area contributed by atoms with Gasteiger partial charge in [-0.25, -0.2) is 0 Å². The predicted molar refractivity (Wildman–Crippen MR) is 92.4 cm³/mol. The molecule has 1 aromatic carbocycles. The summed E-state index contributed by atoms with van der Waals surface area (Å²) >= 11 is 2.03. The Morgan fingerprint density at radius 1 is 1.29 bits per heavy atom. The Morgan fingerprint density at radius 2 is 2.00 bits per heavy atom. The number of nitrogens with one attached hydrogen (secondary N) is 1. The summed E-state index contributed by atoms with van der Waals surface area (Å²) in [6, 6.07) is 9.13. The fourth-order valence-corrected chi connectivity index (χ4v) is 4.61. The number of thioether (sulfide) groups is 1. The first-order chi connectivity index (χ1) is 10.0. The van der Waals surface area contributed by atoms with E-state index in [-0.39, 0.29) is 0 Å². The topological polar surface area (TPSA) is 21.3 Å². The minimum Gasteiger partial charge on any atom is -0.497 e. The Kier molecular flexibility index (Phi) is 6.00. The molecule has 0 heterocycles. The smallest absolute Gasteiger partial charge is 0.118 e. The van der Waals surface area contributed by atoms with Crippen molar-refractivity contribution >= 4 is 11.8 Å². The van der Waals surface area contributed by atoms with Gasteiger partial charge in [0, 0.05) is 16.2 Å². The Hall–Kier alpha value is -0.670. The number of ether oxygens (including phenoxy) is 1. The normalized spacial score (nSPS) is 24.8. The van der Waals surface area contributed by atoms with Gasteiger partial charge in [-0.05, 0) is 61.9 Å². The van der Waals surface area contributed by atoms with Crippen molar-refractivity contribution in [2.24, 2.45) is 5.41 Å². The zero-order chi connectivity index (χ0) is 15.3. The number of benzene rings is 1. The first-order valence-corrected chi connectivity index (χ1v) is 8.96. The van der Waals surface area contributed by atoms with Crippen LogP contribution in [0, 0.1) is 5.41 Å². The second kappa shape index (κ2) is 7.55. The van der Waals surface area contributed by atoms with Gasteiger partial charge in [0.1, 0.15) is 5.75 Å². The van der Waals surface area contributed by atoms with Gasteiger partial charge in [0.25, 0.3) is 0 Å². The Labute approximate surface area is 134 Å². The first kappa shape index (κ1) is 16.7. The third-order valence-electron chi connectivity index (χ3n) is 4.34. The second-order valence-electron chi connectivity index (χ2n) is 6.80. The lowest BCUT2D eigenvalue weighted by molar-refractivity contribution is 0.214. The largest absolute Gasteiger partial charge is 0.497 e. The molecule has 21 heavy (non-hydrogen) atoms. The van der Waals surface area contributed by atoms with Crippen LogP contribution in [0.2, 0.25) is 0 Å². The van der Waals surface area contributed by atoms with Crippen molar-refractivity contribution in [3.8, 4) is 5.75 Å². The van der Waals surface area contributed by atoms with E-state index in [1.807, 2.05) is 11.8 Å². The van der Waals surface area contributed by atoms with Crippen molar-refractivity contribution in [1.82, 2.24) is 5.32 Å². The molecular weight excluding hydrogens is 278 g/mol. The molecule has 0 bridgehead atoms. The maximum Gasteiger partial charge on any atom is 0.118 e. The van der Waals surface area contributed by atoms with Crippen LogP contribution in [0.25, 0.3) is 0 Å². The van der Waals surface area contributed by atoms with Gasteiger partial charge in [-0.2, -0.15) is 0 Å². The summed E-state index contributed by atoms with van der Waals surface area (Å²) < 4.78 is 5.24. The van der Waals surface area contributed by atoms with Crippen LogP contribution < -0.4 is 10.1 Å². The molecule has 2 nitrogen and oxygen atoms in total. The van der Waals surface area contributed by atoms with Crippen molar-refractivity contribution < 1.29 is 4.74 Å². The van der Waals surface area contributed by atoms with Gasteiger partial charge in [0.05, 0.1) is 7.11 Å². The molecule has 1 saturated carbocycles. The van der Waals surface area contributed by atoms with Gasteiger partial charge < -0.3 is 10.1 Å². The van der Waals surface area contributed by atoms with Gasteiger partial charge in [-0.1, -0.05) is 20.8 Å². The third kappa shape index (κ3) is 4.93. The molecule has 0 aromatic heterocycles. The van der Waals surface area contributed by atoms with E-state index in [0.29, 0.717) is 16.7 Å². The number of rotatable bonds is 6. The first-order valence-electron chi connectivity index (χ1n) is 8.08. The maximum absolute atomic E-state index is 5.24.